The lowest BCUT2D eigenvalue weighted by Crippen LogP contribution is -2.17. The molecule has 1 aromatic heterocycles. The van der Waals surface area contributed by atoms with Gasteiger partial charge in [-0.3, -0.25) is 4.72 Å². The molecule has 0 spiro atoms. The molecule has 0 amide bonds. The summed E-state index contributed by atoms with van der Waals surface area (Å²) in [5.41, 5.74) is 0.340. The Bertz CT molecular complexity index is 353. The highest BCUT2D eigenvalue weighted by molar-refractivity contribution is 7.92. The number of sulfonamides is 1. The van der Waals surface area contributed by atoms with Crippen LogP contribution in [0.15, 0.2) is 18.7 Å². The Kier molecular flexibility index (Phi) is 3.44. The van der Waals surface area contributed by atoms with Crippen LogP contribution in [0.2, 0.25) is 0 Å². The van der Waals surface area contributed by atoms with Crippen molar-refractivity contribution in [3.63, 3.8) is 0 Å². The van der Waals surface area contributed by atoms with Gasteiger partial charge < -0.3 is 0 Å². The zero-order chi connectivity index (χ0) is 9.73. The van der Waals surface area contributed by atoms with Gasteiger partial charge in [-0.15, -0.1) is 11.6 Å². The van der Waals surface area contributed by atoms with Crippen molar-refractivity contribution in [2.45, 2.75) is 0 Å². The van der Waals surface area contributed by atoms with Gasteiger partial charge in [0.1, 0.15) is 6.33 Å². The predicted octanol–water partition coefficient (Wildman–Crippen LogP) is 0.457. The Morgan fingerprint density at radius 1 is 1.38 bits per heavy atom. The van der Waals surface area contributed by atoms with E-state index in [0.717, 1.165) is 0 Å². The van der Waals surface area contributed by atoms with Gasteiger partial charge in [0, 0.05) is 5.88 Å². The van der Waals surface area contributed by atoms with Crippen molar-refractivity contribution in [3.8, 4) is 0 Å². The number of hydrogen-bond acceptors (Lipinski definition) is 4. The molecule has 1 aromatic rings. The van der Waals surface area contributed by atoms with Gasteiger partial charge in [0.05, 0.1) is 23.8 Å². The Morgan fingerprint density at radius 3 is 2.54 bits per heavy atom. The van der Waals surface area contributed by atoms with E-state index in [1.54, 1.807) is 0 Å². The highest BCUT2D eigenvalue weighted by atomic mass is 35.5. The summed E-state index contributed by atoms with van der Waals surface area (Å²) in [4.78, 5) is 7.32. The van der Waals surface area contributed by atoms with E-state index in [-0.39, 0.29) is 11.6 Å². The fourth-order valence-corrected chi connectivity index (χ4v) is 2.06. The summed E-state index contributed by atoms with van der Waals surface area (Å²) >= 11 is 5.30. The van der Waals surface area contributed by atoms with Gasteiger partial charge in [-0.2, -0.15) is 0 Å². The second-order valence-corrected chi connectivity index (χ2v) is 4.46. The normalized spacial score (nSPS) is 11.2. The molecular weight excluding hydrogens is 214 g/mol. The first-order valence-corrected chi connectivity index (χ1v) is 5.64. The van der Waals surface area contributed by atoms with Crippen molar-refractivity contribution in [2.24, 2.45) is 0 Å². The molecule has 13 heavy (non-hydrogen) atoms. The highest BCUT2D eigenvalue weighted by Gasteiger charge is 2.08. The van der Waals surface area contributed by atoms with E-state index in [1.807, 2.05) is 0 Å². The highest BCUT2D eigenvalue weighted by Crippen LogP contribution is 2.04. The third-order valence-corrected chi connectivity index (χ3v) is 2.88. The molecule has 0 fully saturated rings. The lowest BCUT2D eigenvalue weighted by atomic mass is 10.6. The average Bonchev–Trinajstić information content (AvgIpc) is 2.04. The van der Waals surface area contributed by atoms with Gasteiger partial charge in [0.25, 0.3) is 0 Å². The number of halogens is 1. The standard InChI is InChI=1S/C6H8ClN3O2S/c7-1-2-13(11,12)10-6-3-8-5-9-4-6/h3-5,10H,1-2H2. The zero-order valence-electron chi connectivity index (χ0n) is 6.64. The average molecular weight is 222 g/mol. The second-order valence-electron chi connectivity index (χ2n) is 2.24. The van der Waals surface area contributed by atoms with Crippen molar-refractivity contribution < 1.29 is 8.42 Å². The number of anilines is 1. The van der Waals surface area contributed by atoms with Crippen molar-refractivity contribution in [3.05, 3.63) is 18.7 Å². The van der Waals surface area contributed by atoms with Crippen molar-refractivity contribution in [1.29, 1.82) is 0 Å². The maximum atomic E-state index is 11.1. The van der Waals surface area contributed by atoms with Crippen LogP contribution in [0.5, 0.6) is 0 Å². The molecule has 1 rings (SSSR count). The number of alkyl halides is 1. The zero-order valence-corrected chi connectivity index (χ0v) is 8.22. The molecule has 7 heteroatoms. The summed E-state index contributed by atoms with van der Waals surface area (Å²) < 4.78 is 24.6. The van der Waals surface area contributed by atoms with Crippen LogP contribution in [0, 0.1) is 0 Å². The first-order valence-electron chi connectivity index (χ1n) is 3.45. The summed E-state index contributed by atoms with van der Waals surface area (Å²) in [5.74, 6) is -0.0630. The van der Waals surface area contributed by atoms with Crippen molar-refractivity contribution in [2.75, 3.05) is 16.4 Å². The van der Waals surface area contributed by atoms with Crippen molar-refractivity contribution in [1.82, 2.24) is 9.97 Å². The quantitative estimate of drug-likeness (QED) is 0.750. The van der Waals surface area contributed by atoms with E-state index in [1.165, 1.54) is 18.7 Å². The smallest absolute Gasteiger partial charge is 0.234 e. The van der Waals surface area contributed by atoms with Gasteiger partial charge in [0.2, 0.25) is 10.0 Å². The SMILES string of the molecule is O=S(=O)(CCCl)Nc1cncnc1. The van der Waals surface area contributed by atoms with Gasteiger partial charge in [-0.05, 0) is 0 Å². The minimum Gasteiger partial charge on any atom is -0.280 e. The fourth-order valence-electron chi connectivity index (χ4n) is 0.684. The molecule has 0 aliphatic heterocycles. The molecule has 1 heterocycles. The number of aromatic nitrogens is 2. The maximum Gasteiger partial charge on any atom is 0.234 e. The van der Waals surface area contributed by atoms with E-state index in [4.69, 9.17) is 11.6 Å². The molecule has 0 unspecified atom stereocenters. The van der Waals surface area contributed by atoms with Crippen LogP contribution in [0.3, 0.4) is 0 Å². The molecule has 0 aromatic carbocycles. The first kappa shape index (κ1) is 10.2. The van der Waals surface area contributed by atoms with Gasteiger partial charge in [-0.1, -0.05) is 0 Å². The fraction of sp³-hybridized carbons (Fsp3) is 0.333. The van der Waals surface area contributed by atoms with Crippen LogP contribution in [0.4, 0.5) is 5.69 Å². The third-order valence-electron chi connectivity index (χ3n) is 1.18. The number of nitrogens with zero attached hydrogens (tertiary/aromatic N) is 2. The summed E-state index contributed by atoms with van der Waals surface area (Å²) in [7, 11) is -3.35. The van der Waals surface area contributed by atoms with E-state index in [2.05, 4.69) is 14.7 Å². The Morgan fingerprint density at radius 2 is 2.00 bits per heavy atom. The van der Waals surface area contributed by atoms with Gasteiger partial charge in [-0.25, -0.2) is 18.4 Å². The first-order chi connectivity index (χ1) is 6.14. The molecule has 0 radical (unpaired) electrons. The molecule has 5 nitrogen and oxygen atoms in total. The molecule has 72 valence electrons. The Balaban J connectivity index is 2.70. The monoisotopic (exact) mass is 221 g/mol. The van der Waals surface area contributed by atoms with E-state index < -0.39 is 10.0 Å². The molecule has 0 aliphatic carbocycles. The number of nitrogens with one attached hydrogen (secondary N) is 1. The minimum absolute atomic E-state index is 0.0586. The summed E-state index contributed by atoms with van der Waals surface area (Å²) in [6, 6.07) is 0. The van der Waals surface area contributed by atoms with Crippen LogP contribution in [0.25, 0.3) is 0 Å². The van der Waals surface area contributed by atoms with Crippen LogP contribution in [0.1, 0.15) is 0 Å². The van der Waals surface area contributed by atoms with E-state index >= 15 is 0 Å². The van der Waals surface area contributed by atoms with Crippen molar-refractivity contribution >= 4 is 27.3 Å². The number of hydrogen-bond donors (Lipinski definition) is 1. The molecule has 0 saturated heterocycles. The van der Waals surface area contributed by atoms with Crippen LogP contribution in [-0.4, -0.2) is 30.0 Å². The summed E-state index contributed by atoms with van der Waals surface area (Å²) in [6.07, 6.45) is 4.07. The summed E-state index contributed by atoms with van der Waals surface area (Å²) in [5, 5.41) is 0. The van der Waals surface area contributed by atoms with Gasteiger partial charge in [0.15, 0.2) is 0 Å². The minimum atomic E-state index is -3.35. The maximum absolute atomic E-state index is 11.1. The Hall–Kier alpha value is -0.880. The lowest BCUT2D eigenvalue weighted by Gasteiger charge is -2.04. The van der Waals surface area contributed by atoms with E-state index in [0.29, 0.717) is 5.69 Å². The molecular formula is C6H8ClN3O2S. The predicted molar refractivity (Wildman–Crippen MR) is 50.2 cm³/mol. The third kappa shape index (κ3) is 3.56. The Labute approximate surface area is 81.2 Å². The van der Waals surface area contributed by atoms with Gasteiger partial charge >= 0.3 is 0 Å². The molecule has 0 aliphatic rings. The molecule has 0 saturated carbocycles. The van der Waals surface area contributed by atoms with Crippen LogP contribution < -0.4 is 4.72 Å². The molecule has 0 bridgehead atoms. The number of rotatable bonds is 4. The van der Waals surface area contributed by atoms with Crippen LogP contribution in [-0.2, 0) is 10.0 Å². The largest absolute Gasteiger partial charge is 0.280 e. The lowest BCUT2D eigenvalue weighted by molar-refractivity contribution is 0.602. The van der Waals surface area contributed by atoms with E-state index in [9.17, 15) is 8.42 Å². The molecule has 1 N–H and O–H groups in total. The topological polar surface area (TPSA) is 72.0 Å². The summed E-state index contributed by atoms with van der Waals surface area (Å²) in [6.45, 7) is 0. The molecule has 0 atom stereocenters. The van der Waals surface area contributed by atoms with Crippen LogP contribution >= 0.6 is 11.6 Å². The second kappa shape index (κ2) is 4.38.